The third-order valence-electron chi connectivity index (χ3n) is 0.950. The minimum Gasteiger partial charge on any atom is -0.210 e. The Hall–Kier alpha value is -0.980. The van der Waals surface area contributed by atoms with Crippen molar-refractivity contribution in [3.63, 3.8) is 0 Å². The van der Waals surface area contributed by atoms with Gasteiger partial charge in [-0.1, -0.05) is 0 Å². The standard InChI is InChI=1S/C4HF3N2OS/c5-4(6,7)2-1-8-9-3(2)11-10/h1H. The van der Waals surface area contributed by atoms with Crippen molar-refractivity contribution in [1.82, 2.24) is 0 Å². The maximum absolute atomic E-state index is 11.8. The molecule has 0 atom stereocenters. The van der Waals surface area contributed by atoms with E-state index in [2.05, 4.69) is 10.2 Å². The number of hydrogen-bond acceptors (Lipinski definition) is 2. The quantitative estimate of drug-likeness (QED) is 0.519. The summed E-state index contributed by atoms with van der Waals surface area (Å²) in [5, 5.41) is 5.95. The lowest BCUT2D eigenvalue weighted by atomic mass is 10.3. The fraction of sp³-hybridized carbons (Fsp3) is 0.250. The third-order valence-corrected chi connectivity index (χ3v) is 1.41. The zero-order chi connectivity index (χ0) is 8.48. The van der Waals surface area contributed by atoms with Crippen LogP contribution in [0.4, 0.5) is 13.2 Å². The van der Waals surface area contributed by atoms with Gasteiger partial charge in [-0.15, -0.1) is 5.11 Å². The van der Waals surface area contributed by atoms with Crippen LogP contribution in [0.5, 0.6) is 0 Å². The van der Waals surface area contributed by atoms with Crippen molar-refractivity contribution in [2.75, 3.05) is 0 Å². The lowest BCUT2D eigenvalue weighted by Gasteiger charge is -2.03. The first-order chi connectivity index (χ1) is 5.05. The molecule has 0 bridgehead atoms. The van der Waals surface area contributed by atoms with Gasteiger partial charge in [0.25, 0.3) is 0 Å². The van der Waals surface area contributed by atoms with E-state index in [9.17, 15) is 17.4 Å². The van der Waals surface area contributed by atoms with E-state index >= 15 is 0 Å². The summed E-state index contributed by atoms with van der Waals surface area (Å²) in [6.07, 6.45) is -4.00. The van der Waals surface area contributed by atoms with Crippen molar-refractivity contribution in [3.8, 4) is 0 Å². The van der Waals surface area contributed by atoms with Gasteiger partial charge in [-0.05, 0) is 0 Å². The third kappa shape index (κ3) is 1.53. The zero-order valence-corrected chi connectivity index (χ0v) is 5.74. The summed E-state index contributed by atoms with van der Waals surface area (Å²) in [6.45, 7) is 0. The van der Waals surface area contributed by atoms with Crippen LogP contribution in [0, 0.1) is 0 Å². The molecule has 0 aliphatic carbocycles. The molecule has 60 valence electrons. The Morgan fingerprint density at radius 3 is 2.45 bits per heavy atom. The molecule has 0 aromatic rings. The summed E-state index contributed by atoms with van der Waals surface area (Å²) in [5.74, 6) is 0. The molecular weight excluding hydrogens is 181 g/mol. The van der Waals surface area contributed by atoms with Crippen LogP contribution in [-0.2, 0) is 11.3 Å². The van der Waals surface area contributed by atoms with Crippen molar-refractivity contribution < 1.29 is 17.4 Å². The number of rotatable bonds is 0. The summed E-state index contributed by atoms with van der Waals surface area (Å²) in [6, 6.07) is 0. The van der Waals surface area contributed by atoms with E-state index in [1.54, 1.807) is 0 Å². The molecule has 0 saturated heterocycles. The Kier molecular flexibility index (Phi) is 1.90. The molecule has 1 aliphatic rings. The van der Waals surface area contributed by atoms with E-state index in [0.717, 1.165) is 0 Å². The van der Waals surface area contributed by atoms with Crippen molar-refractivity contribution in [2.45, 2.75) is 6.18 Å². The highest BCUT2D eigenvalue weighted by Gasteiger charge is 2.39. The van der Waals surface area contributed by atoms with E-state index in [0.29, 0.717) is 6.20 Å². The van der Waals surface area contributed by atoms with Crippen LogP contribution in [0.25, 0.3) is 0 Å². The number of hydrogen-bond donors (Lipinski definition) is 0. The average Bonchev–Trinajstić information content (AvgIpc) is 2.31. The van der Waals surface area contributed by atoms with Crippen molar-refractivity contribution in [3.05, 3.63) is 11.8 Å². The fourth-order valence-electron chi connectivity index (χ4n) is 0.504. The smallest absolute Gasteiger partial charge is 0.210 e. The summed E-state index contributed by atoms with van der Waals surface area (Å²) >= 11 is -0.315. The maximum Gasteiger partial charge on any atom is 0.421 e. The van der Waals surface area contributed by atoms with Crippen LogP contribution < -0.4 is 0 Å². The van der Waals surface area contributed by atoms with E-state index in [1.165, 1.54) is 0 Å². The van der Waals surface area contributed by atoms with Gasteiger partial charge in [-0.2, -0.15) is 18.3 Å². The molecule has 0 saturated carbocycles. The minimum absolute atomic E-state index is 0.315. The van der Waals surface area contributed by atoms with Crippen LogP contribution in [0.2, 0.25) is 0 Å². The summed E-state index contributed by atoms with van der Waals surface area (Å²) in [7, 11) is 0. The Labute approximate surface area is 62.7 Å². The highest BCUT2D eigenvalue weighted by molar-refractivity contribution is 7.67. The fourth-order valence-corrected chi connectivity index (χ4v) is 0.843. The van der Waals surface area contributed by atoms with Crippen LogP contribution in [0.15, 0.2) is 22.0 Å². The van der Waals surface area contributed by atoms with Gasteiger partial charge in [-0.25, -0.2) is 4.21 Å². The van der Waals surface area contributed by atoms with Gasteiger partial charge in [-0.3, -0.25) is 0 Å². The topological polar surface area (TPSA) is 41.8 Å². The molecule has 1 aliphatic heterocycles. The number of azo groups is 1. The van der Waals surface area contributed by atoms with Crippen molar-refractivity contribution >= 4 is 16.2 Å². The Morgan fingerprint density at radius 2 is 2.09 bits per heavy atom. The van der Waals surface area contributed by atoms with Gasteiger partial charge in [0.15, 0.2) is 4.99 Å². The molecule has 11 heavy (non-hydrogen) atoms. The van der Waals surface area contributed by atoms with Crippen LogP contribution >= 0.6 is 0 Å². The maximum atomic E-state index is 11.8. The average molecular weight is 182 g/mol. The van der Waals surface area contributed by atoms with E-state index in [1.807, 2.05) is 0 Å². The highest BCUT2D eigenvalue weighted by Crippen LogP contribution is 2.29. The van der Waals surface area contributed by atoms with Crippen LogP contribution in [0.3, 0.4) is 0 Å². The first-order valence-corrected chi connectivity index (χ1v) is 3.15. The highest BCUT2D eigenvalue weighted by atomic mass is 32.1. The number of nitrogens with zero attached hydrogens (tertiary/aromatic N) is 2. The molecule has 0 N–H and O–H groups in total. The molecule has 0 fully saturated rings. The summed E-state index contributed by atoms with van der Waals surface area (Å²) < 4.78 is 45.5. The SMILES string of the molecule is O=S=C1N=NC=C1C(F)(F)F. The second kappa shape index (κ2) is 2.57. The minimum atomic E-state index is -4.53. The molecule has 1 rings (SSSR count). The normalized spacial score (nSPS) is 17.0. The van der Waals surface area contributed by atoms with Gasteiger partial charge in [0.05, 0.1) is 6.20 Å². The van der Waals surface area contributed by atoms with Crippen molar-refractivity contribution in [1.29, 1.82) is 0 Å². The first kappa shape index (κ1) is 8.12. The van der Waals surface area contributed by atoms with Crippen molar-refractivity contribution in [2.24, 2.45) is 10.2 Å². The summed E-state index contributed by atoms with van der Waals surface area (Å²) in [5.41, 5.74) is -1.07. The van der Waals surface area contributed by atoms with Gasteiger partial charge in [0.1, 0.15) is 16.8 Å². The van der Waals surface area contributed by atoms with Gasteiger partial charge in [0, 0.05) is 0 Å². The van der Waals surface area contributed by atoms with Gasteiger partial charge in [0.2, 0.25) is 0 Å². The molecular formula is C4HF3N2OS. The van der Waals surface area contributed by atoms with Gasteiger partial charge < -0.3 is 0 Å². The van der Waals surface area contributed by atoms with Crippen LogP contribution in [0.1, 0.15) is 0 Å². The van der Waals surface area contributed by atoms with E-state index in [-0.39, 0.29) is 11.3 Å². The molecule has 0 aromatic carbocycles. The molecule has 0 spiro atoms. The molecule has 7 heteroatoms. The molecule has 0 unspecified atom stereocenters. The Balaban J connectivity index is 3.03. The zero-order valence-electron chi connectivity index (χ0n) is 4.92. The summed E-state index contributed by atoms with van der Waals surface area (Å²) in [4.78, 5) is -0.627. The Bertz CT molecular complexity index is 286. The van der Waals surface area contributed by atoms with E-state index in [4.69, 9.17) is 0 Å². The second-order valence-electron chi connectivity index (χ2n) is 1.64. The predicted molar refractivity (Wildman–Crippen MR) is 32.1 cm³/mol. The van der Waals surface area contributed by atoms with Crippen LogP contribution in [-0.4, -0.2) is 15.4 Å². The molecule has 1 heterocycles. The molecule has 0 radical (unpaired) electrons. The molecule has 0 amide bonds. The molecule has 3 nitrogen and oxygen atoms in total. The van der Waals surface area contributed by atoms with Gasteiger partial charge >= 0.3 is 6.18 Å². The van der Waals surface area contributed by atoms with E-state index < -0.39 is 16.7 Å². The number of alkyl halides is 3. The molecule has 0 aromatic heterocycles. The Morgan fingerprint density at radius 1 is 1.45 bits per heavy atom. The second-order valence-corrected chi connectivity index (χ2v) is 2.20. The largest absolute Gasteiger partial charge is 0.421 e. The predicted octanol–water partition coefficient (Wildman–Crippen LogP) is 1.24. The first-order valence-electron chi connectivity index (χ1n) is 2.41. The monoisotopic (exact) mass is 182 g/mol. The lowest BCUT2D eigenvalue weighted by Crippen LogP contribution is -2.16. The number of halogens is 3. The lowest BCUT2D eigenvalue weighted by molar-refractivity contribution is -0.0858.